The van der Waals surface area contributed by atoms with E-state index in [0.29, 0.717) is 12.2 Å². The molecule has 1 unspecified atom stereocenters. The Morgan fingerprint density at radius 3 is 2.52 bits per heavy atom. The van der Waals surface area contributed by atoms with Gasteiger partial charge in [0.05, 0.1) is 19.6 Å². The van der Waals surface area contributed by atoms with Crippen molar-refractivity contribution in [1.82, 2.24) is 9.88 Å². The first-order valence-electron chi connectivity index (χ1n) is 8.05. The fourth-order valence-electron chi connectivity index (χ4n) is 3.36. The van der Waals surface area contributed by atoms with E-state index in [1.807, 2.05) is 30.3 Å². The van der Waals surface area contributed by atoms with Crippen molar-refractivity contribution in [3.05, 3.63) is 58.9 Å². The standard InChI is InChI=1S/C19H22N2O3S/c1-19(2)14-9-10-20-16(18(22)24-4)15(14)17(25)21(19)11-12-5-7-13(23-3)8-6-12/h5-10,17,25H,11H2,1-4H3. The number of ether oxygens (including phenoxy) is 2. The van der Waals surface area contributed by atoms with Gasteiger partial charge >= 0.3 is 5.97 Å². The van der Waals surface area contributed by atoms with Crippen LogP contribution in [-0.4, -0.2) is 30.1 Å². The highest BCUT2D eigenvalue weighted by molar-refractivity contribution is 7.80. The van der Waals surface area contributed by atoms with Gasteiger partial charge in [0.2, 0.25) is 0 Å². The molecule has 0 saturated heterocycles. The summed E-state index contributed by atoms with van der Waals surface area (Å²) in [6.45, 7) is 4.96. The van der Waals surface area contributed by atoms with E-state index in [4.69, 9.17) is 22.1 Å². The van der Waals surface area contributed by atoms with Crippen molar-refractivity contribution in [3.63, 3.8) is 0 Å². The highest BCUT2D eigenvalue weighted by Gasteiger charge is 2.45. The van der Waals surface area contributed by atoms with E-state index < -0.39 is 5.97 Å². The fraction of sp³-hybridized carbons (Fsp3) is 0.368. The molecule has 0 N–H and O–H groups in total. The van der Waals surface area contributed by atoms with E-state index >= 15 is 0 Å². The molecule has 0 aliphatic carbocycles. The number of esters is 1. The number of hydrogen-bond acceptors (Lipinski definition) is 6. The Bertz CT molecular complexity index is 790. The van der Waals surface area contributed by atoms with Crippen molar-refractivity contribution in [2.24, 2.45) is 0 Å². The summed E-state index contributed by atoms with van der Waals surface area (Å²) in [5.41, 5.74) is 3.08. The molecule has 1 aromatic heterocycles. The summed E-state index contributed by atoms with van der Waals surface area (Å²) in [7, 11) is 3.02. The summed E-state index contributed by atoms with van der Waals surface area (Å²) in [6.07, 6.45) is 1.66. The minimum absolute atomic E-state index is 0.241. The van der Waals surface area contributed by atoms with Crippen LogP contribution >= 0.6 is 12.6 Å². The number of carbonyl (C=O) groups excluding carboxylic acids is 1. The number of nitrogens with zero attached hydrogens (tertiary/aromatic N) is 2. The Hall–Kier alpha value is -2.05. The van der Waals surface area contributed by atoms with Crippen molar-refractivity contribution in [3.8, 4) is 5.75 Å². The van der Waals surface area contributed by atoms with Gasteiger partial charge in [-0.1, -0.05) is 12.1 Å². The lowest BCUT2D eigenvalue weighted by atomic mass is 9.93. The molecule has 5 nitrogen and oxygen atoms in total. The molecule has 1 aromatic carbocycles. The number of benzene rings is 1. The maximum absolute atomic E-state index is 12.1. The van der Waals surface area contributed by atoms with Crippen LogP contribution in [0, 0.1) is 0 Å². The first-order valence-corrected chi connectivity index (χ1v) is 8.57. The molecule has 1 aliphatic rings. The number of methoxy groups -OCH3 is 2. The van der Waals surface area contributed by atoms with Crippen LogP contribution in [0.3, 0.4) is 0 Å². The molecule has 3 rings (SSSR count). The summed E-state index contributed by atoms with van der Waals surface area (Å²) in [5.74, 6) is 0.394. The summed E-state index contributed by atoms with van der Waals surface area (Å²) in [5, 5.41) is -0.241. The molecule has 0 amide bonds. The average molecular weight is 358 g/mol. The second-order valence-corrected chi connectivity index (χ2v) is 7.01. The molecule has 2 heterocycles. The van der Waals surface area contributed by atoms with E-state index in [9.17, 15) is 4.79 Å². The number of fused-ring (bicyclic) bond motifs is 1. The Morgan fingerprint density at radius 1 is 1.24 bits per heavy atom. The lowest BCUT2D eigenvalue weighted by Gasteiger charge is -2.34. The zero-order chi connectivity index (χ0) is 18.2. The molecule has 0 bridgehead atoms. The van der Waals surface area contributed by atoms with Gasteiger partial charge in [-0.25, -0.2) is 9.78 Å². The van der Waals surface area contributed by atoms with E-state index in [2.05, 4.69) is 23.7 Å². The zero-order valence-electron chi connectivity index (χ0n) is 14.8. The molecule has 6 heteroatoms. The average Bonchev–Trinajstić information content (AvgIpc) is 2.82. The van der Waals surface area contributed by atoms with Crippen LogP contribution in [0.5, 0.6) is 5.75 Å². The molecule has 132 valence electrons. The SMILES string of the molecule is COC(=O)c1nccc2c1C(S)N(Cc1ccc(OC)cc1)C2(C)C. The van der Waals surface area contributed by atoms with Gasteiger partial charge in [0.25, 0.3) is 0 Å². The fourth-order valence-corrected chi connectivity index (χ4v) is 3.99. The largest absolute Gasteiger partial charge is 0.497 e. The predicted molar refractivity (Wildman–Crippen MR) is 98.9 cm³/mol. The van der Waals surface area contributed by atoms with Crippen LogP contribution in [0.2, 0.25) is 0 Å². The van der Waals surface area contributed by atoms with E-state index in [-0.39, 0.29) is 10.9 Å². The molecule has 0 fully saturated rings. The van der Waals surface area contributed by atoms with Crippen LogP contribution < -0.4 is 4.74 Å². The highest BCUT2D eigenvalue weighted by atomic mass is 32.1. The molecule has 0 radical (unpaired) electrons. The van der Waals surface area contributed by atoms with Gasteiger partial charge in [-0.3, -0.25) is 4.90 Å². The van der Waals surface area contributed by atoms with Crippen LogP contribution in [0.25, 0.3) is 0 Å². The molecule has 2 aromatic rings. The Kier molecular flexibility index (Phi) is 4.75. The zero-order valence-corrected chi connectivity index (χ0v) is 15.7. The quantitative estimate of drug-likeness (QED) is 0.669. The highest BCUT2D eigenvalue weighted by Crippen LogP contribution is 2.49. The number of hydrogen-bond donors (Lipinski definition) is 1. The van der Waals surface area contributed by atoms with Gasteiger partial charge < -0.3 is 9.47 Å². The minimum atomic E-state index is -0.432. The molecular formula is C19H22N2O3S. The van der Waals surface area contributed by atoms with Crippen molar-refractivity contribution < 1.29 is 14.3 Å². The summed E-state index contributed by atoms with van der Waals surface area (Å²) in [6, 6.07) is 9.93. The lowest BCUT2D eigenvalue weighted by Crippen LogP contribution is -2.35. The first kappa shape index (κ1) is 17.8. The van der Waals surface area contributed by atoms with Gasteiger partial charge in [0, 0.05) is 23.8 Å². The van der Waals surface area contributed by atoms with Crippen molar-refractivity contribution in [2.75, 3.05) is 14.2 Å². The second-order valence-electron chi connectivity index (χ2n) is 6.52. The van der Waals surface area contributed by atoms with Crippen molar-refractivity contribution >= 4 is 18.6 Å². The van der Waals surface area contributed by atoms with Crippen LogP contribution in [-0.2, 0) is 16.8 Å². The first-order chi connectivity index (χ1) is 11.9. The maximum atomic E-state index is 12.1. The topological polar surface area (TPSA) is 51.7 Å². The van der Waals surface area contributed by atoms with E-state index in [1.165, 1.54) is 7.11 Å². The monoisotopic (exact) mass is 358 g/mol. The van der Waals surface area contributed by atoms with Crippen LogP contribution in [0.1, 0.15) is 46.4 Å². The molecule has 0 saturated carbocycles. The molecule has 0 spiro atoms. The normalized spacial score (nSPS) is 18.7. The summed E-state index contributed by atoms with van der Waals surface area (Å²) >= 11 is 4.81. The minimum Gasteiger partial charge on any atom is -0.497 e. The second kappa shape index (κ2) is 6.69. The molecule has 1 atom stereocenters. The Balaban J connectivity index is 1.98. The van der Waals surface area contributed by atoms with E-state index in [1.54, 1.807) is 13.3 Å². The van der Waals surface area contributed by atoms with Crippen LogP contribution in [0.15, 0.2) is 36.5 Å². The predicted octanol–water partition coefficient (Wildman–Crippen LogP) is 3.56. The molecule has 1 aliphatic heterocycles. The third-order valence-corrected chi connectivity index (χ3v) is 5.35. The number of pyridine rings is 1. The summed E-state index contributed by atoms with van der Waals surface area (Å²) < 4.78 is 10.1. The van der Waals surface area contributed by atoms with Crippen LogP contribution in [0.4, 0.5) is 0 Å². The number of carbonyl (C=O) groups is 1. The lowest BCUT2D eigenvalue weighted by molar-refractivity contribution is 0.0591. The third kappa shape index (κ3) is 3.00. The van der Waals surface area contributed by atoms with Gasteiger partial charge in [0.1, 0.15) is 5.75 Å². The van der Waals surface area contributed by atoms with Gasteiger partial charge in [0.15, 0.2) is 5.69 Å². The number of thiol groups is 1. The Labute approximate surface area is 153 Å². The summed E-state index contributed by atoms with van der Waals surface area (Å²) in [4.78, 5) is 18.6. The number of rotatable bonds is 4. The van der Waals surface area contributed by atoms with Gasteiger partial charge in [-0.05, 0) is 43.2 Å². The van der Waals surface area contributed by atoms with Crippen molar-refractivity contribution in [2.45, 2.75) is 31.3 Å². The van der Waals surface area contributed by atoms with Gasteiger partial charge in [-0.2, -0.15) is 12.6 Å². The molecular weight excluding hydrogens is 336 g/mol. The Morgan fingerprint density at radius 2 is 1.92 bits per heavy atom. The number of aromatic nitrogens is 1. The smallest absolute Gasteiger partial charge is 0.357 e. The maximum Gasteiger partial charge on any atom is 0.357 e. The third-order valence-electron chi connectivity index (χ3n) is 4.81. The van der Waals surface area contributed by atoms with Gasteiger partial charge in [-0.15, -0.1) is 0 Å². The van der Waals surface area contributed by atoms with E-state index in [0.717, 1.165) is 22.4 Å². The molecule has 25 heavy (non-hydrogen) atoms. The van der Waals surface area contributed by atoms with Crippen molar-refractivity contribution in [1.29, 1.82) is 0 Å².